The predicted molar refractivity (Wildman–Crippen MR) is 28.2 cm³/mol. The molecule has 0 amide bonds. The van der Waals surface area contributed by atoms with E-state index in [4.69, 9.17) is 0 Å². The first-order valence-electron chi connectivity index (χ1n) is 0. The summed E-state index contributed by atoms with van der Waals surface area (Å²) in [5.41, 5.74) is 0. The molecule has 0 spiro atoms. The van der Waals surface area contributed by atoms with Crippen LogP contribution in [0, 0.1) is 14.9 Å². The van der Waals surface area contributed by atoms with E-state index in [9.17, 15) is 0 Å². The van der Waals surface area contributed by atoms with Crippen molar-refractivity contribution in [1.29, 1.82) is 0 Å². The fourth-order valence-corrected chi connectivity index (χ4v) is 0. The summed E-state index contributed by atoms with van der Waals surface area (Å²) >= 11 is 0. The normalized spacial score (nSPS) is 0. The van der Waals surface area contributed by atoms with Crippen LogP contribution < -0.4 is 0 Å². The SMILES string of the molecule is I.[Au].[CH3-].[CH3-]. The molecule has 0 unspecified atom stereocenters. The summed E-state index contributed by atoms with van der Waals surface area (Å²) in [7, 11) is 0. The Morgan fingerprint density at radius 3 is 0.750 bits per heavy atom. The first-order chi connectivity index (χ1) is 0. The van der Waals surface area contributed by atoms with Crippen LogP contribution in [0.4, 0.5) is 0 Å². The molecule has 1 radical (unpaired) electrons. The van der Waals surface area contributed by atoms with Crippen molar-refractivity contribution in [3.8, 4) is 0 Å². The third-order valence-corrected chi connectivity index (χ3v) is 0. The van der Waals surface area contributed by atoms with Crippen LogP contribution in [-0.4, -0.2) is 0 Å². The molecule has 0 aliphatic rings. The molecule has 0 aliphatic carbocycles. The van der Waals surface area contributed by atoms with Gasteiger partial charge >= 0.3 is 0 Å². The number of halogens is 1. The summed E-state index contributed by atoms with van der Waals surface area (Å²) in [5.74, 6) is 0. The Morgan fingerprint density at radius 2 is 0.750 bits per heavy atom. The quantitative estimate of drug-likeness (QED) is 0.351. The monoisotopic (exact) mass is 355 g/mol. The van der Waals surface area contributed by atoms with Gasteiger partial charge in [0.2, 0.25) is 0 Å². The summed E-state index contributed by atoms with van der Waals surface area (Å²) in [6, 6.07) is 0. The van der Waals surface area contributed by atoms with E-state index >= 15 is 0 Å². The van der Waals surface area contributed by atoms with Crippen LogP contribution in [0.1, 0.15) is 0 Å². The van der Waals surface area contributed by atoms with Crippen molar-refractivity contribution in [2.75, 3.05) is 0 Å². The maximum Gasteiger partial charge on any atom is 0 e. The number of hydrogen-bond acceptors (Lipinski definition) is 0. The van der Waals surface area contributed by atoms with Gasteiger partial charge in [-0.25, -0.2) is 0 Å². The largest absolute Gasteiger partial charge is 0.358 e. The molecule has 0 aromatic heterocycles. The Morgan fingerprint density at radius 1 is 0.750 bits per heavy atom. The van der Waals surface area contributed by atoms with E-state index < -0.39 is 0 Å². The maximum absolute atomic E-state index is 0. The molecule has 0 bridgehead atoms. The van der Waals surface area contributed by atoms with Gasteiger partial charge in [0.25, 0.3) is 0 Å². The Balaban J connectivity index is 0. The molecular weight excluding hydrogens is 348 g/mol. The Bertz CT molecular complexity index is 6.00. The zero-order chi connectivity index (χ0) is 0. The zero-order valence-electron chi connectivity index (χ0n) is 2.71. The fraction of sp³-hybridized carbons (Fsp3) is 0. The van der Waals surface area contributed by atoms with Gasteiger partial charge in [0.1, 0.15) is 0 Å². The van der Waals surface area contributed by atoms with E-state index in [0.29, 0.717) is 0 Å². The van der Waals surface area contributed by atoms with Crippen LogP contribution in [-0.2, 0) is 22.4 Å². The second-order valence-corrected chi connectivity index (χ2v) is 0. The third kappa shape index (κ3) is 9.80. The van der Waals surface area contributed by atoms with E-state index in [2.05, 4.69) is 0 Å². The molecule has 0 rings (SSSR count). The standard InChI is InChI=1S/2CH3.Au.HI/h2*1H3;;1H/q2*-1;;. The number of rotatable bonds is 0. The van der Waals surface area contributed by atoms with Crippen LogP contribution in [0.15, 0.2) is 0 Å². The summed E-state index contributed by atoms with van der Waals surface area (Å²) in [6.45, 7) is 0. The van der Waals surface area contributed by atoms with Gasteiger partial charge in [-0.05, 0) is 0 Å². The molecule has 2 heteroatoms. The molecule has 4 heavy (non-hydrogen) atoms. The van der Waals surface area contributed by atoms with Crippen LogP contribution in [0.2, 0.25) is 0 Å². The van der Waals surface area contributed by atoms with E-state index in [0.717, 1.165) is 0 Å². The van der Waals surface area contributed by atoms with E-state index in [-0.39, 0.29) is 61.2 Å². The van der Waals surface area contributed by atoms with Gasteiger partial charge in [-0.15, -0.1) is 24.0 Å². The number of hydrogen-bond donors (Lipinski definition) is 0. The summed E-state index contributed by atoms with van der Waals surface area (Å²) in [4.78, 5) is 0. The van der Waals surface area contributed by atoms with E-state index in [1.807, 2.05) is 0 Å². The van der Waals surface area contributed by atoms with Gasteiger partial charge in [-0.3, -0.25) is 0 Å². The van der Waals surface area contributed by atoms with Crippen molar-refractivity contribution < 1.29 is 22.4 Å². The van der Waals surface area contributed by atoms with Gasteiger partial charge in [-0.2, -0.15) is 0 Å². The molecule has 0 saturated heterocycles. The van der Waals surface area contributed by atoms with Crippen LogP contribution in [0.25, 0.3) is 0 Å². The molecule has 0 fully saturated rings. The fourth-order valence-electron chi connectivity index (χ4n) is 0. The summed E-state index contributed by atoms with van der Waals surface area (Å²) < 4.78 is 0. The topological polar surface area (TPSA) is 0 Å². The first-order valence-corrected chi connectivity index (χ1v) is 0. The van der Waals surface area contributed by atoms with Crippen molar-refractivity contribution in [3.05, 3.63) is 14.9 Å². The van der Waals surface area contributed by atoms with Crippen LogP contribution >= 0.6 is 24.0 Å². The minimum atomic E-state index is 0. The molecule has 0 aromatic carbocycles. The second kappa shape index (κ2) is 24.9. The molecule has 0 saturated carbocycles. The zero-order valence-corrected chi connectivity index (χ0v) is 7.21. The third-order valence-electron chi connectivity index (χ3n) is 0. The first kappa shape index (κ1) is 50.6. The molecule has 0 aliphatic heterocycles. The minimum absolute atomic E-state index is 0. The molecule has 0 aromatic rings. The minimum Gasteiger partial charge on any atom is -0.358 e. The smallest absolute Gasteiger partial charge is 0 e. The predicted octanol–water partition coefficient (Wildman–Crippen LogP) is 1.52. The Hall–Kier alpha value is 1.47. The second-order valence-electron chi connectivity index (χ2n) is 0. The van der Waals surface area contributed by atoms with Gasteiger partial charge in [-0.1, -0.05) is 0 Å². The van der Waals surface area contributed by atoms with Crippen molar-refractivity contribution in [1.82, 2.24) is 0 Å². The Labute approximate surface area is 60.9 Å². The maximum atomic E-state index is 0. The average Bonchev–Trinajstić information content (AvgIpc) is 0. The van der Waals surface area contributed by atoms with Gasteiger partial charge in [0, 0.05) is 22.4 Å². The molecule has 35 valence electrons. The van der Waals surface area contributed by atoms with Crippen LogP contribution in [0.5, 0.6) is 0 Å². The van der Waals surface area contributed by atoms with Gasteiger partial charge < -0.3 is 14.9 Å². The van der Waals surface area contributed by atoms with Gasteiger partial charge in [0.15, 0.2) is 0 Å². The van der Waals surface area contributed by atoms with E-state index in [1.165, 1.54) is 0 Å². The van der Waals surface area contributed by atoms with E-state index in [1.54, 1.807) is 0 Å². The molecule has 0 N–H and O–H groups in total. The van der Waals surface area contributed by atoms with Crippen molar-refractivity contribution in [2.45, 2.75) is 0 Å². The Kier molecular flexibility index (Phi) is 315. The van der Waals surface area contributed by atoms with Crippen molar-refractivity contribution in [2.24, 2.45) is 0 Å². The van der Waals surface area contributed by atoms with Gasteiger partial charge in [0.05, 0.1) is 0 Å². The van der Waals surface area contributed by atoms with Crippen LogP contribution in [0.3, 0.4) is 0 Å². The molecule has 0 heterocycles. The molecular formula is C2H7AuI-2. The molecule has 0 atom stereocenters. The average molecular weight is 355 g/mol. The summed E-state index contributed by atoms with van der Waals surface area (Å²) in [5, 5.41) is 0. The summed E-state index contributed by atoms with van der Waals surface area (Å²) in [6.07, 6.45) is 0. The van der Waals surface area contributed by atoms with Crippen molar-refractivity contribution in [3.63, 3.8) is 0 Å². The van der Waals surface area contributed by atoms with Crippen molar-refractivity contribution >= 4 is 24.0 Å². The molecule has 0 nitrogen and oxygen atoms in total.